The molecule has 0 unspecified atom stereocenters. The van der Waals surface area contributed by atoms with E-state index in [9.17, 15) is 4.79 Å². The molecule has 3 rings (SSSR count). The highest BCUT2D eigenvalue weighted by Gasteiger charge is 2.19. The Kier molecular flexibility index (Phi) is 6.87. The van der Waals surface area contributed by atoms with E-state index in [0.29, 0.717) is 23.7 Å². The number of anilines is 1. The summed E-state index contributed by atoms with van der Waals surface area (Å²) in [6.45, 7) is 2.36. The summed E-state index contributed by atoms with van der Waals surface area (Å²) < 4.78 is 10.5. The maximum absolute atomic E-state index is 12.6. The molecule has 0 spiro atoms. The summed E-state index contributed by atoms with van der Waals surface area (Å²) >= 11 is 0. The normalized spacial score (nSPS) is 11.6. The number of hydrogen-bond acceptors (Lipinski definition) is 3. The van der Waals surface area contributed by atoms with Gasteiger partial charge in [-0.15, -0.1) is 0 Å². The van der Waals surface area contributed by atoms with E-state index >= 15 is 0 Å². The van der Waals surface area contributed by atoms with Crippen molar-refractivity contribution >= 4 is 11.6 Å². The van der Waals surface area contributed by atoms with E-state index in [0.717, 1.165) is 5.56 Å². The van der Waals surface area contributed by atoms with Crippen molar-refractivity contribution in [3.8, 4) is 11.5 Å². The summed E-state index contributed by atoms with van der Waals surface area (Å²) in [5, 5.41) is 4.98. The molecule has 1 amide bonds. The molecule has 150 valence electrons. The van der Waals surface area contributed by atoms with E-state index in [2.05, 4.69) is 54.0 Å². The third-order valence-electron chi connectivity index (χ3n) is 4.80. The van der Waals surface area contributed by atoms with Gasteiger partial charge >= 0.3 is 0 Å². The summed E-state index contributed by atoms with van der Waals surface area (Å²) in [4.78, 5) is 12.6. The van der Waals surface area contributed by atoms with Gasteiger partial charge in [-0.1, -0.05) is 60.2 Å². The highest BCUT2D eigenvalue weighted by atomic mass is 16.5. The van der Waals surface area contributed by atoms with Crippen LogP contribution in [-0.4, -0.2) is 26.7 Å². The fourth-order valence-corrected chi connectivity index (χ4v) is 3.25. The third kappa shape index (κ3) is 5.36. The van der Waals surface area contributed by atoms with Gasteiger partial charge in [0, 0.05) is 22.9 Å². The van der Waals surface area contributed by atoms with Crippen molar-refractivity contribution in [1.82, 2.24) is 0 Å². The van der Waals surface area contributed by atoms with Crippen LogP contribution in [0.5, 0.6) is 11.5 Å². The Labute approximate surface area is 171 Å². The molecular weight excluding hydrogens is 364 g/mol. The highest BCUT2D eigenvalue weighted by Crippen LogP contribution is 2.29. The average Bonchev–Trinajstić information content (AvgIpc) is 2.75. The molecule has 1 atom stereocenters. The molecule has 0 radical (unpaired) electrons. The third-order valence-corrected chi connectivity index (χ3v) is 4.80. The van der Waals surface area contributed by atoms with Crippen LogP contribution < -0.4 is 20.1 Å². The van der Waals surface area contributed by atoms with Crippen molar-refractivity contribution in [2.45, 2.75) is 13.0 Å². The van der Waals surface area contributed by atoms with Crippen LogP contribution in [0, 0.1) is 6.92 Å². The van der Waals surface area contributed by atoms with Crippen molar-refractivity contribution in [3.63, 3.8) is 0 Å². The second-order valence-corrected chi connectivity index (χ2v) is 6.86. The monoisotopic (exact) mass is 391 g/mol. The standard InChI is InChI=1S/C24H26N2O3/c1-17-9-11-19(12-10-17)24(18-7-5-4-6-8-18)25-16-23(27)26-20-13-14-21(28-2)22(15-20)29-3/h4-15,24-25H,16H2,1-3H3,(H,26,27)/p+1/t24-/m0/s1. The molecule has 0 aliphatic rings. The van der Waals surface area contributed by atoms with Gasteiger partial charge in [0.25, 0.3) is 5.91 Å². The lowest BCUT2D eigenvalue weighted by Crippen LogP contribution is -2.87. The van der Waals surface area contributed by atoms with Gasteiger partial charge in [-0.2, -0.15) is 0 Å². The fourth-order valence-electron chi connectivity index (χ4n) is 3.25. The van der Waals surface area contributed by atoms with Gasteiger partial charge in [-0.3, -0.25) is 4.79 Å². The Hall–Kier alpha value is -3.31. The molecule has 0 saturated carbocycles. The quantitative estimate of drug-likeness (QED) is 0.619. The van der Waals surface area contributed by atoms with Crippen LogP contribution in [-0.2, 0) is 4.79 Å². The average molecular weight is 391 g/mol. The van der Waals surface area contributed by atoms with E-state index in [1.54, 1.807) is 32.4 Å². The summed E-state index contributed by atoms with van der Waals surface area (Å²) in [7, 11) is 3.16. The van der Waals surface area contributed by atoms with Crippen molar-refractivity contribution < 1.29 is 19.6 Å². The molecule has 3 aromatic carbocycles. The lowest BCUT2D eigenvalue weighted by Gasteiger charge is -2.17. The Bertz CT molecular complexity index is 940. The number of benzene rings is 3. The van der Waals surface area contributed by atoms with Gasteiger partial charge in [0.2, 0.25) is 0 Å². The zero-order valence-corrected chi connectivity index (χ0v) is 17.0. The van der Waals surface area contributed by atoms with Gasteiger partial charge in [-0.25, -0.2) is 0 Å². The predicted octanol–water partition coefficient (Wildman–Crippen LogP) is 3.30. The summed E-state index contributed by atoms with van der Waals surface area (Å²) in [6, 6.07) is 24.0. The largest absolute Gasteiger partial charge is 0.493 e. The summed E-state index contributed by atoms with van der Waals surface area (Å²) in [5.41, 5.74) is 4.22. The zero-order valence-electron chi connectivity index (χ0n) is 17.0. The maximum Gasteiger partial charge on any atom is 0.279 e. The minimum absolute atomic E-state index is 0.0490. The van der Waals surface area contributed by atoms with Gasteiger partial charge in [0.15, 0.2) is 18.0 Å². The maximum atomic E-state index is 12.6. The number of nitrogens with one attached hydrogen (secondary N) is 1. The van der Waals surface area contributed by atoms with Crippen LogP contribution in [0.4, 0.5) is 5.69 Å². The lowest BCUT2D eigenvalue weighted by molar-refractivity contribution is -0.676. The van der Waals surface area contributed by atoms with Crippen molar-refractivity contribution in [1.29, 1.82) is 0 Å². The molecule has 0 aromatic heterocycles. The number of amides is 1. The number of ether oxygens (including phenoxy) is 2. The van der Waals surface area contributed by atoms with Crippen LogP contribution in [0.1, 0.15) is 22.7 Å². The first-order valence-electron chi connectivity index (χ1n) is 9.57. The molecule has 0 aliphatic carbocycles. The number of nitrogens with two attached hydrogens (primary N) is 1. The Morgan fingerprint density at radius 2 is 1.55 bits per heavy atom. The van der Waals surface area contributed by atoms with Gasteiger partial charge in [-0.05, 0) is 19.1 Å². The van der Waals surface area contributed by atoms with E-state index in [4.69, 9.17) is 9.47 Å². The van der Waals surface area contributed by atoms with Crippen molar-refractivity contribution in [2.75, 3.05) is 26.1 Å². The van der Waals surface area contributed by atoms with Crippen LogP contribution in [0.15, 0.2) is 72.8 Å². The van der Waals surface area contributed by atoms with Crippen LogP contribution >= 0.6 is 0 Å². The second-order valence-electron chi connectivity index (χ2n) is 6.86. The number of rotatable bonds is 8. The smallest absolute Gasteiger partial charge is 0.279 e. The molecule has 0 fully saturated rings. The first-order chi connectivity index (χ1) is 14.1. The number of aryl methyl sites for hydroxylation is 1. The molecule has 0 saturated heterocycles. The predicted molar refractivity (Wildman–Crippen MR) is 114 cm³/mol. The number of methoxy groups -OCH3 is 2. The number of carbonyl (C=O) groups excluding carboxylic acids is 1. The van der Waals surface area contributed by atoms with Crippen LogP contribution in [0.25, 0.3) is 0 Å². The minimum Gasteiger partial charge on any atom is -0.493 e. The van der Waals surface area contributed by atoms with Crippen molar-refractivity contribution in [2.24, 2.45) is 0 Å². The van der Waals surface area contributed by atoms with Gasteiger partial charge in [0.05, 0.1) is 14.2 Å². The molecule has 5 heteroatoms. The molecular formula is C24H27N2O3+. The van der Waals surface area contributed by atoms with Gasteiger partial charge in [0.1, 0.15) is 6.04 Å². The molecule has 29 heavy (non-hydrogen) atoms. The summed E-state index contributed by atoms with van der Waals surface area (Å²) in [5.74, 6) is 1.13. The molecule has 0 heterocycles. The first-order valence-corrected chi connectivity index (χ1v) is 9.57. The second kappa shape index (κ2) is 9.75. The molecule has 5 nitrogen and oxygen atoms in total. The number of carbonyl (C=O) groups is 1. The van der Waals surface area contributed by atoms with Crippen molar-refractivity contribution in [3.05, 3.63) is 89.5 Å². The van der Waals surface area contributed by atoms with E-state index in [1.165, 1.54) is 11.1 Å². The summed E-state index contributed by atoms with van der Waals surface area (Å²) in [6.07, 6.45) is 0. The Morgan fingerprint density at radius 1 is 0.897 bits per heavy atom. The minimum atomic E-state index is -0.0785. The highest BCUT2D eigenvalue weighted by molar-refractivity contribution is 5.91. The lowest BCUT2D eigenvalue weighted by atomic mass is 9.98. The number of hydrogen-bond donors (Lipinski definition) is 2. The SMILES string of the molecule is COc1ccc(NC(=O)C[NH2+][C@@H](c2ccccc2)c2ccc(C)cc2)cc1OC. The molecule has 0 bridgehead atoms. The van der Waals surface area contributed by atoms with Crippen LogP contribution in [0.2, 0.25) is 0 Å². The number of quaternary nitrogens is 1. The van der Waals surface area contributed by atoms with E-state index in [-0.39, 0.29) is 11.9 Å². The van der Waals surface area contributed by atoms with Crippen LogP contribution in [0.3, 0.4) is 0 Å². The Morgan fingerprint density at radius 3 is 2.21 bits per heavy atom. The molecule has 3 aromatic rings. The fraction of sp³-hybridized carbons (Fsp3) is 0.208. The zero-order chi connectivity index (χ0) is 20.6. The Balaban J connectivity index is 1.71. The first kappa shape index (κ1) is 20.4. The van der Waals surface area contributed by atoms with E-state index < -0.39 is 0 Å². The van der Waals surface area contributed by atoms with Gasteiger partial charge < -0.3 is 20.1 Å². The molecule has 0 aliphatic heterocycles. The topological polar surface area (TPSA) is 64.2 Å². The molecule has 3 N–H and O–H groups in total. The van der Waals surface area contributed by atoms with E-state index in [1.807, 2.05) is 18.2 Å².